The molecule has 0 bridgehead atoms. The van der Waals surface area contributed by atoms with Crippen molar-refractivity contribution >= 4 is 17.8 Å². The van der Waals surface area contributed by atoms with Crippen LogP contribution in [0.5, 0.6) is 0 Å². The van der Waals surface area contributed by atoms with Crippen LogP contribution in [0.4, 0.5) is 4.79 Å². The van der Waals surface area contributed by atoms with Gasteiger partial charge in [0, 0.05) is 10.6 Å². The predicted octanol–water partition coefficient (Wildman–Crippen LogP) is 3.16. The third-order valence-corrected chi connectivity index (χ3v) is 4.02. The van der Waals surface area contributed by atoms with Gasteiger partial charge in [-0.05, 0) is 18.6 Å². The van der Waals surface area contributed by atoms with Gasteiger partial charge in [0.15, 0.2) is 11.7 Å². The maximum Gasteiger partial charge on any atom is 0.509 e. The summed E-state index contributed by atoms with van der Waals surface area (Å²) in [4.78, 5) is 15.7. The fraction of sp³-hybridized carbons (Fsp3) is 0.400. The first-order valence-electron chi connectivity index (χ1n) is 7.12. The first kappa shape index (κ1) is 14.8. The van der Waals surface area contributed by atoms with Crippen molar-refractivity contribution in [3.05, 3.63) is 47.5 Å². The van der Waals surface area contributed by atoms with Gasteiger partial charge in [0.1, 0.15) is 12.7 Å². The number of carbonyl (C=O) groups excluding carboxylic acids is 1. The van der Waals surface area contributed by atoms with Gasteiger partial charge >= 0.3 is 6.16 Å². The van der Waals surface area contributed by atoms with Gasteiger partial charge in [-0.3, -0.25) is 0 Å². The Balaban J connectivity index is 2.04. The number of carbonyl (C=O) groups is 1. The zero-order valence-electron chi connectivity index (χ0n) is 12.1. The van der Waals surface area contributed by atoms with E-state index in [9.17, 15) is 4.79 Å². The van der Waals surface area contributed by atoms with Crippen molar-refractivity contribution in [2.24, 2.45) is 0 Å². The summed E-state index contributed by atoms with van der Waals surface area (Å²) >= 11 is 5.97. The van der Waals surface area contributed by atoms with Crippen LogP contribution in [0.25, 0.3) is 0 Å². The van der Waals surface area contributed by atoms with E-state index in [0.29, 0.717) is 18.0 Å². The van der Waals surface area contributed by atoms with Crippen LogP contribution < -0.4 is 0 Å². The Morgan fingerprint density at radius 1 is 1.36 bits per heavy atom. The predicted molar refractivity (Wildman–Crippen MR) is 79.4 cm³/mol. The molecule has 22 heavy (non-hydrogen) atoms. The molecule has 0 aliphatic carbocycles. The smallest absolute Gasteiger partial charge is 0.426 e. The van der Waals surface area contributed by atoms with Gasteiger partial charge in [-0.1, -0.05) is 37.1 Å². The molecule has 0 radical (unpaired) electrons. The number of halogens is 1. The van der Waals surface area contributed by atoms with Crippen LogP contribution in [0.3, 0.4) is 0 Å². The topological polar surface area (TPSA) is 66.2 Å². The van der Waals surface area contributed by atoms with E-state index in [4.69, 9.17) is 21.1 Å². The van der Waals surface area contributed by atoms with E-state index in [1.807, 2.05) is 19.1 Å². The van der Waals surface area contributed by atoms with Crippen LogP contribution in [0, 0.1) is 0 Å². The second-order valence-corrected chi connectivity index (χ2v) is 5.67. The lowest BCUT2D eigenvalue weighted by molar-refractivity contribution is 0.00126. The fourth-order valence-electron chi connectivity index (χ4n) is 2.76. The average Bonchev–Trinajstić information content (AvgIpc) is 3.09. The highest BCUT2D eigenvalue weighted by Gasteiger charge is 2.52. The lowest BCUT2D eigenvalue weighted by atomic mass is 9.86. The Hall–Kier alpha value is -2.08. The first-order valence-corrected chi connectivity index (χ1v) is 7.50. The maximum absolute atomic E-state index is 11.8. The molecule has 7 heteroatoms. The average molecular weight is 322 g/mol. The number of hydrogen-bond donors (Lipinski definition) is 0. The zero-order chi connectivity index (χ0) is 15.6. The summed E-state index contributed by atoms with van der Waals surface area (Å²) in [6, 6.07) is 7.25. The van der Waals surface area contributed by atoms with E-state index in [1.54, 1.807) is 23.1 Å². The molecule has 2 heterocycles. The van der Waals surface area contributed by atoms with Gasteiger partial charge in [-0.15, -0.1) is 0 Å². The molecule has 1 aromatic carbocycles. The molecule has 0 N–H and O–H groups in total. The van der Waals surface area contributed by atoms with Crippen molar-refractivity contribution in [1.82, 2.24) is 14.8 Å². The normalized spacial score (nSPS) is 24.1. The van der Waals surface area contributed by atoms with Gasteiger partial charge in [-0.2, -0.15) is 5.10 Å². The van der Waals surface area contributed by atoms with E-state index in [2.05, 4.69) is 10.1 Å². The molecule has 0 amide bonds. The number of benzene rings is 1. The van der Waals surface area contributed by atoms with Gasteiger partial charge in [-0.25, -0.2) is 14.5 Å². The Bertz CT molecular complexity index is 645. The lowest BCUT2D eigenvalue weighted by Crippen LogP contribution is -2.41. The highest BCUT2D eigenvalue weighted by Crippen LogP contribution is 2.41. The molecule has 1 aliphatic rings. The van der Waals surface area contributed by atoms with Crippen LogP contribution in [0.15, 0.2) is 36.9 Å². The summed E-state index contributed by atoms with van der Waals surface area (Å²) in [5, 5.41) is 4.74. The van der Waals surface area contributed by atoms with E-state index < -0.39 is 11.8 Å². The molecule has 0 unspecified atom stereocenters. The number of aromatic nitrogens is 3. The molecule has 1 aromatic heterocycles. The summed E-state index contributed by atoms with van der Waals surface area (Å²) < 4.78 is 12.7. The van der Waals surface area contributed by atoms with Crippen molar-refractivity contribution in [3.8, 4) is 0 Å². The quantitative estimate of drug-likeness (QED) is 0.791. The molecular formula is C15H16ClN3O3. The maximum atomic E-state index is 11.8. The number of cyclic esters (lactones) is 2. The van der Waals surface area contributed by atoms with Crippen molar-refractivity contribution in [2.75, 3.05) is 0 Å². The number of nitrogens with zero attached hydrogens (tertiary/aromatic N) is 3. The fourth-order valence-corrected chi connectivity index (χ4v) is 2.89. The minimum Gasteiger partial charge on any atom is -0.426 e. The van der Waals surface area contributed by atoms with Gasteiger partial charge < -0.3 is 9.47 Å². The van der Waals surface area contributed by atoms with Crippen molar-refractivity contribution < 1.29 is 14.3 Å². The van der Waals surface area contributed by atoms with Gasteiger partial charge in [0.05, 0.1) is 6.54 Å². The molecule has 0 saturated carbocycles. The van der Waals surface area contributed by atoms with Crippen LogP contribution in [0.1, 0.15) is 25.3 Å². The zero-order valence-corrected chi connectivity index (χ0v) is 12.9. The molecule has 2 aromatic rings. The largest absolute Gasteiger partial charge is 0.509 e. The molecule has 3 rings (SSSR count). The molecule has 0 spiro atoms. The van der Waals surface area contributed by atoms with Crippen molar-refractivity contribution in [3.63, 3.8) is 0 Å². The number of rotatable bonds is 5. The summed E-state index contributed by atoms with van der Waals surface area (Å²) in [5.41, 5.74) is -0.0949. The molecule has 2 atom stereocenters. The van der Waals surface area contributed by atoms with Crippen LogP contribution in [-0.2, 0) is 21.6 Å². The van der Waals surface area contributed by atoms with Gasteiger partial charge in [0.2, 0.25) is 0 Å². The first-order chi connectivity index (χ1) is 10.6. The summed E-state index contributed by atoms with van der Waals surface area (Å²) in [7, 11) is 0. The molecule has 6 nitrogen and oxygen atoms in total. The molecule has 116 valence electrons. The minimum absolute atomic E-state index is 0.338. The Labute approximate surface area is 133 Å². The minimum atomic E-state index is -0.925. The van der Waals surface area contributed by atoms with Crippen LogP contribution in [0.2, 0.25) is 5.02 Å². The van der Waals surface area contributed by atoms with E-state index >= 15 is 0 Å². The number of hydrogen-bond acceptors (Lipinski definition) is 5. The highest BCUT2D eigenvalue weighted by molar-refractivity contribution is 6.30. The summed E-state index contributed by atoms with van der Waals surface area (Å²) in [6.07, 6.45) is 3.57. The Morgan fingerprint density at radius 2 is 2.14 bits per heavy atom. The summed E-state index contributed by atoms with van der Waals surface area (Å²) in [5.74, 6) is 0. The molecule has 1 fully saturated rings. The van der Waals surface area contributed by atoms with Gasteiger partial charge in [0.25, 0.3) is 0 Å². The molecule has 1 saturated heterocycles. The molecule has 1 aliphatic heterocycles. The monoisotopic (exact) mass is 321 g/mol. The second kappa shape index (κ2) is 5.96. The van der Waals surface area contributed by atoms with E-state index in [0.717, 1.165) is 12.0 Å². The standard InChI is InChI=1S/C15H16ClN3O3/c1-2-3-13-15(22-14(20)21-13,8-19-10-17-9-18-19)11-4-6-12(16)7-5-11/h4-7,9-10,13H,2-3,8H2,1H3/t13-,15-/m1/s1. The van der Waals surface area contributed by atoms with E-state index in [-0.39, 0.29) is 6.10 Å². The SMILES string of the molecule is CCC[C@H]1OC(=O)O[C@]1(Cn1cncn1)c1ccc(Cl)cc1. The lowest BCUT2D eigenvalue weighted by Gasteiger charge is -2.31. The van der Waals surface area contributed by atoms with Crippen LogP contribution in [-0.4, -0.2) is 27.0 Å². The molecular weight excluding hydrogens is 306 g/mol. The number of ether oxygens (including phenoxy) is 2. The van der Waals surface area contributed by atoms with Crippen molar-refractivity contribution in [2.45, 2.75) is 38.0 Å². The Kier molecular flexibility index (Phi) is 4.02. The highest BCUT2D eigenvalue weighted by atomic mass is 35.5. The Morgan fingerprint density at radius 3 is 2.77 bits per heavy atom. The van der Waals surface area contributed by atoms with E-state index in [1.165, 1.54) is 6.33 Å². The van der Waals surface area contributed by atoms with Crippen LogP contribution >= 0.6 is 11.6 Å². The second-order valence-electron chi connectivity index (χ2n) is 5.24. The third kappa shape index (κ3) is 2.66. The summed E-state index contributed by atoms with van der Waals surface area (Å²) in [6.45, 7) is 2.37. The van der Waals surface area contributed by atoms with Crippen molar-refractivity contribution in [1.29, 1.82) is 0 Å². The third-order valence-electron chi connectivity index (χ3n) is 3.77.